The molecule has 8 heteroatoms. The van der Waals surface area contributed by atoms with Crippen molar-refractivity contribution in [3.8, 4) is 0 Å². The van der Waals surface area contributed by atoms with Crippen LogP contribution in [-0.2, 0) is 9.59 Å². The zero-order valence-electron chi connectivity index (χ0n) is 13.9. The van der Waals surface area contributed by atoms with Crippen LogP contribution in [0.25, 0.3) is 0 Å². The molecule has 3 rings (SSSR count). The molecule has 24 heavy (non-hydrogen) atoms. The predicted molar refractivity (Wildman–Crippen MR) is 92.9 cm³/mol. The number of nitrogens with zero attached hydrogens (tertiary/aromatic N) is 2. The Morgan fingerprint density at radius 2 is 2.12 bits per heavy atom. The molecule has 1 aromatic rings. The zero-order chi connectivity index (χ0) is 16.9. The Balaban J connectivity index is 1.36. The third-order valence-corrected chi connectivity index (χ3v) is 5.84. The summed E-state index contributed by atoms with van der Waals surface area (Å²) in [5.74, 6) is 2.49. The number of carbonyl (C=O) groups excluding carboxylic acids is 2. The molecule has 0 saturated carbocycles. The summed E-state index contributed by atoms with van der Waals surface area (Å²) in [6.07, 6.45) is 3.45. The van der Waals surface area contributed by atoms with E-state index in [1.807, 2.05) is 11.8 Å². The number of rotatable bonds is 4. The van der Waals surface area contributed by atoms with E-state index in [9.17, 15) is 9.59 Å². The number of aromatic nitrogens is 1. The molecule has 0 aliphatic carbocycles. The quantitative estimate of drug-likeness (QED) is 0.793. The lowest BCUT2D eigenvalue weighted by Crippen LogP contribution is -2.45. The molecular weight excluding hydrogens is 328 g/mol. The second-order valence-corrected chi connectivity index (χ2v) is 7.63. The number of amides is 2. The first kappa shape index (κ1) is 17.3. The van der Waals surface area contributed by atoms with Crippen molar-refractivity contribution in [1.82, 2.24) is 15.4 Å². The first-order valence-corrected chi connectivity index (χ1v) is 9.61. The van der Waals surface area contributed by atoms with Crippen molar-refractivity contribution in [2.75, 3.05) is 36.5 Å². The van der Waals surface area contributed by atoms with E-state index in [1.54, 1.807) is 13.0 Å². The van der Waals surface area contributed by atoms with Crippen molar-refractivity contribution in [2.24, 2.45) is 5.92 Å². The number of likely N-dealkylation sites (tertiary alicyclic amines) is 1. The van der Waals surface area contributed by atoms with Crippen LogP contribution in [0.3, 0.4) is 0 Å². The number of thioether (sulfide) groups is 1. The fourth-order valence-corrected chi connectivity index (χ4v) is 4.50. The maximum Gasteiger partial charge on any atom is 0.314 e. The Morgan fingerprint density at radius 1 is 1.33 bits per heavy atom. The third kappa shape index (κ3) is 4.51. The number of carbonyl (C=O) groups is 2. The number of aryl methyl sites for hydroxylation is 1. The van der Waals surface area contributed by atoms with Crippen LogP contribution < -0.4 is 10.6 Å². The van der Waals surface area contributed by atoms with Crippen LogP contribution in [0.5, 0.6) is 0 Å². The van der Waals surface area contributed by atoms with Crippen molar-refractivity contribution in [2.45, 2.75) is 32.2 Å². The van der Waals surface area contributed by atoms with Gasteiger partial charge >= 0.3 is 11.8 Å². The summed E-state index contributed by atoms with van der Waals surface area (Å²) in [6.45, 7) is 4.46. The minimum atomic E-state index is -0.705. The van der Waals surface area contributed by atoms with Gasteiger partial charge in [-0.2, -0.15) is 11.8 Å². The van der Waals surface area contributed by atoms with Crippen molar-refractivity contribution >= 4 is 29.4 Å². The van der Waals surface area contributed by atoms with E-state index >= 15 is 0 Å². The average Bonchev–Trinajstić information content (AvgIpc) is 3.25. The van der Waals surface area contributed by atoms with Crippen molar-refractivity contribution < 1.29 is 14.1 Å². The van der Waals surface area contributed by atoms with Gasteiger partial charge in [0.1, 0.15) is 5.76 Å². The topological polar surface area (TPSA) is 87.5 Å². The van der Waals surface area contributed by atoms with Gasteiger partial charge in [0.15, 0.2) is 5.82 Å². The highest BCUT2D eigenvalue weighted by Gasteiger charge is 2.27. The summed E-state index contributed by atoms with van der Waals surface area (Å²) in [4.78, 5) is 26.3. The molecule has 0 aromatic carbocycles. The molecule has 2 aliphatic rings. The van der Waals surface area contributed by atoms with Crippen LogP contribution in [0, 0.1) is 12.8 Å². The van der Waals surface area contributed by atoms with Gasteiger partial charge < -0.3 is 9.84 Å². The van der Waals surface area contributed by atoms with Crippen LogP contribution >= 0.6 is 11.8 Å². The van der Waals surface area contributed by atoms with Crippen molar-refractivity contribution in [3.63, 3.8) is 0 Å². The molecule has 132 valence electrons. The zero-order valence-corrected chi connectivity index (χ0v) is 14.7. The summed E-state index contributed by atoms with van der Waals surface area (Å²) in [5.41, 5.74) is 0. The molecule has 0 radical (unpaired) electrons. The van der Waals surface area contributed by atoms with Crippen LogP contribution in [-0.4, -0.2) is 59.1 Å². The lowest BCUT2D eigenvalue weighted by Gasteiger charge is -2.35. The van der Waals surface area contributed by atoms with Gasteiger partial charge in [-0.15, -0.1) is 0 Å². The molecule has 3 heterocycles. The van der Waals surface area contributed by atoms with Crippen LogP contribution in [0.1, 0.15) is 25.0 Å². The van der Waals surface area contributed by atoms with Crippen LogP contribution in [0.15, 0.2) is 10.6 Å². The summed E-state index contributed by atoms with van der Waals surface area (Å²) >= 11 is 2.04. The third-order valence-electron chi connectivity index (χ3n) is 4.70. The second kappa shape index (κ2) is 8.02. The Kier molecular flexibility index (Phi) is 5.78. The second-order valence-electron chi connectivity index (χ2n) is 6.48. The Hall–Kier alpha value is -1.54. The summed E-state index contributed by atoms with van der Waals surface area (Å²) < 4.78 is 4.85. The molecular formula is C16H24N4O3S. The van der Waals surface area contributed by atoms with Gasteiger partial charge in [-0.25, -0.2) is 0 Å². The standard InChI is InChI=1S/C16H24N4O3S/c1-11-8-14(19-23-11)18-16(22)15(21)17-9-12-2-5-20(6-3-12)13-4-7-24-10-13/h8,12-13H,2-7,9-10H2,1H3,(H,17,21)(H,18,19,22)/t13-/m0/s1. The molecule has 1 aromatic heterocycles. The Labute approximate surface area is 145 Å². The smallest absolute Gasteiger partial charge is 0.314 e. The number of nitrogens with one attached hydrogen (secondary N) is 2. The van der Waals surface area contributed by atoms with Gasteiger partial charge in [0.05, 0.1) is 0 Å². The summed E-state index contributed by atoms with van der Waals surface area (Å²) in [7, 11) is 0. The maximum absolute atomic E-state index is 11.9. The van der Waals surface area contributed by atoms with E-state index in [0.717, 1.165) is 32.0 Å². The summed E-state index contributed by atoms with van der Waals surface area (Å²) in [5, 5.41) is 8.80. The fourth-order valence-electron chi connectivity index (χ4n) is 3.25. The maximum atomic E-state index is 11.9. The number of hydrogen-bond acceptors (Lipinski definition) is 6. The molecule has 2 N–H and O–H groups in total. The fraction of sp³-hybridized carbons (Fsp3) is 0.688. The normalized spacial score (nSPS) is 22.5. The largest absolute Gasteiger partial charge is 0.360 e. The van der Waals surface area contributed by atoms with E-state index in [4.69, 9.17) is 4.52 Å². The monoisotopic (exact) mass is 352 g/mol. The highest BCUT2D eigenvalue weighted by Crippen LogP contribution is 2.26. The number of hydrogen-bond donors (Lipinski definition) is 2. The van der Waals surface area contributed by atoms with Gasteiger partial charge in [-0.3, -0.25) is 19.8 Å². The van der Waals surface area contributed by atoms with Crippen LogP contribution in [0.2, 0.25) is 0 Å². The van der Waals surface area contributed by atoms with E-state index in [1.165, 1.54) is 17.9 Å². The SMILES string of the molecule is Cc1cc(NC(=O)C(=O)NCC2CCN([C@H]3CCSC3)CC2)no1. The predicted octanol–water partition coefficient (Wildman–Crippen LogP) is 1.26. The van der Waals surface area contributed by atoms with E-state index in [2.05, 4.69) is 20.7 Å². The molecule has 2 amide bonds. The lowest BCUT2D eigenvalue weighted by molar-refractivity contribution is -0.136. The number of piperidine rings is 1. The molecule has 0 unspecified atom stereocenters. The first-order valence-electron chi connectivity index (χ1n) is 8.46. The van der Waals surface area contributed by atoms with Gasteiger partial charge in [0.2, 0.25) is 0 Å². The Morgan fingerprint density at radius 3 is 2.75 bits per heavy atom. The minimum absolute atomic E-state index is 0.260. The first-order chi connectivity index (χ1) is 11.6. The van der Waals surface area contributed by atoms with E-state index in [0.29, 0.717) is 18.2 Å². The molecule has 2 saturated heterocycles. The van der Waals surface area contributed by atoms with Gasteiger partial charge in [-0.1, -0.05) is 5.16 Å². The molecule has 1 atom stereocenters. The number of anilines is 1. The minimum Gasteiger partial charge on any atom is -0.360 e. The van der Waals surface area contributed by atoms with Crippen molar-refractivity contribution in [3.05, 3.63) is 11.8 Å². The Bertz CT molecular complexity index is 578. The summed E-state index contributed by atoms with van der Waals surface area (Å²) in [6, 6.07) is 2.31. The van der Waals surface area contributed by atoms with Crippen molar-refractivity contribution in [1.29, 1.82) is 0 Å². The van der Waals surface area contributed by atoms with Gasteiger partial charge in [0, 0.05) is 24.4 Å². The molecule has 2 fully saturated rings. The molecule has 2 aliphatic heterocycles. The molecule has 0 spiro atoms. The van der Waals surface area contributed by atoms with Crippen LogP contribution in [0.4, 0.5) is 5.82 Å². The van der Waals surface area contributed by atoms with Gasteiger partial charge in [-0.05, 0) is 50.9 Å². The molecule has 7 nitrogen and oxygen atoms in total. The average molecular weight is 352 g/mol. The lowest BCUT2D eigenvalue weighted by atomic mass is 9.95. The van der Waals surface area contributed by atoms with E-state index < -0.39 is 11.8 Å². The molecule has 0 bridgehead atoms. The van der Waals surface area contributed by atoms with Gasteiger partial charge in [0.25, 0.3) is 0 Å². The highest BCUT2D eigenvalue weighted by molar-refractivity contribution is 7.99. The highest BCUT2D eigenvalue weighted by atomic mass is 32.2. The van der Waals surface area contributed by atoms with E-state index in [-0.39, 0.29) is 5.82 Å².